The highest BCUT2D eigenvalue weighted by atomic mass is 16.2. The van der Waals surface area contributed by atoms with Crippen LogP contribution >= 0.6 is 0 Å². The molecule has 2 aromatic heterocycles. The molecule has 7 heteroatoms. The molecule has 1 saturated carbocycles. The first kappa shape index (κ1) is 17.5. The van der Waals surface area contributed by atoms with Gasteiger partial charge < -0.3 is 5.32 Å². The normalized spacial score (nSPS) is 15.1. The van der Waals surface area contributed by atoms with Crippen molar-refractivity contribution in [2.75, 3.05) is 0 Å². The maximum absolute atomic E-state index is 13.1. The van der Waals surface area contributed by atoms with E-state index in [1.165, 1.54) is 4.68 Å². The van der Waals surface area contributed by atoms with E-state index in [9.17, 15) is 9.59 Å². The number of carbonyl (C=O) groups is 1. The SMILES string of the molecule is CC[C@@H](C(=O)NC1CC1)n1nc(C)c2c(C)n(-c3ccccc3)nc2c1=O. The lowest BCUT2D eigenvalue weighted by Crippen LogP contribution is -2.39. The Morgan fingerprint density at radius 3 is 2.56 bits per heavy atom. The largest absolute Gasteiger partial charge is 0.352 e. The van der Waals surface area contributed by atoms with Gasteiger partial charge in [0, 0.05) is 6.04 Å². The van der Waals surface area contributed by atoms with E-state index in [-0.39, 0.29) is 17.5 Å². The predicted molar refractivity (Wildman–Crippen MR) is 103 cm³/mol. The summed E-state index contributed by atoms with van der Waals surface area (Å²) in [4.78, 5) is 25.7. The van der Waals surface area contributed by atoms with E-state index in [0.717, 1.165) is 29.6 Å². The van der Waals surface area contributed by atoms with Crippen LogP contribution in [0.4, 0.5) is 0 Å². The van der Waals surface area contributed by atoms with Crippen LogP contribution in [0.3, 0.4) is 0 Å². The van der Waals surface area contributed by atoms with Gasteiger partial charge in [0.1, 0.15) is 6.04 Å². The van der Waals surface area contributed by atoms with Crippen LogP contribution < -0.4 is 10.9 Å². The van der Waals surface area contributed by atoms with E-state index in [1.807, 2.05) is 51.1 Å². The number of carbonyl (C=O) groups excluding carboxylic acids is 1. The molecule has 0 bridgehead atoms. The van der Waals surface area contributed by atoms with Crippen LogP contribution in [-0.4, -0.2) is 31.5 Å². The molecule has 1 amide bonds. The smallest absolute Gasteiger partial charge is 0.295 e. The lowest BCUT2D eigenvalue weighted by molar-refractivity contribution is -0.124. The average Bonchev–Trinajstić information content (AvgIpc) is 3.40. The summed E-state index contributed by atoms with van der Waals surface area (Å²) in [6.45, 7) is 5.67. The lowest BCUT2D eigenvalue weighted by atomic mass is 10.2. The molecule has 1 fully saturated rings. The van der Waals surface area contributed by atoms with E-state index in [2.05, 4.69) is 15.5 Å². The number of fused-ring (bicyclic) bond motifs is 1. The Balaban J connectivity index is 1.85. The predicted octanol–water partition coefficient (Wildman–Crippen LogP) is 2.43. The van der Waals surface area contributed by atoms with Gasteiger partial charge in [0.2, 0.25) is 5.91 Å². The zero-order valence-corrected chi connectivity index (χ0v) is 15.8. The third-order valence-electron chi connectivity index (χ3n) is 5.06. The first-order valence-electron chi connectivity index (χ1n) is 9.35. The van der Waals surface area contributed by atoms with Gasteiger partial charge in [-0.05, 0) is 45.2 Å². The third kappa shape index (κ3) is 3.03. The highest BCUT2D eigenvalue weighted by molar-refractivity contribution is 5.84. The Bertz CT molecular complexity index is 1060. The molecule has 7 nitrogen and oxygen atoms in total. The van der Waals surface area contributed by atoms with Crippen molar-refractivity contribution < 1.29 is 4.79 Å². The first-order chi connectivity index (χ1) is 13.0. The van der Waals surface area contributed by atoms with Gasteiger partial charge in [-0.25, -0.2) is 9.36 Å². The van der Waals surface area contributed by atoms with Gasteiger partial charge in [-0.3, -0.25) is 9.59 Å². The van der Waals surface area contributed by atoms with Crippen molar-refractivity contribution in [1.29, 1.82) is 0 Å². The number of nitrogens with zero attached hydrogens (tertiary/aromatic N) is 4. The van der Waals surface area contributed by atoms with Crippen LogP contribution in [0.25, 0.3) is 16.6 Å². The van der Waals surface area contributed by atoms with Crippen LogP contribution in [-0.2, 0) is 4.79 Å². The van der Waals surface area contributed by atoms with Crippen molar-refractivity contribution in [3.05, 3.63) is 52.1 Å². The first-order valence-corrected chi connectivity index (χ1v) is 9.35. The lowest BCUT2D eigenvalue weighted by Gasteiger charge is -2.17. The maximum Gasteiger partial charge on any atom is 0.295 e. The zero-order valence-electron chi connectivity index (χ0n) is 15.8. The van der Waals surface area contributed by atoms with Gasteiger partial charge in [-0.1, -0.05) is 25.1 Å². The molecule has 1 atom stereocenters. The fourth-order valence-electron chi connectivity index (χ4n) is 3.48. The molecule has 27 heavy (non-hydrogen) atoms. The van der Waals surface area contributed by atoms with E-state index in [0.29, 0.717) is 17.6 Å². The number of amides is 1. The summed E-state index contributed by atoms with van der Waals surface area (Å²) in [6.07, 6.45) is 2.50. The molecular formula is C20H23N5O2. The maximum atomic E-state index is 13.1. The Morgan fingerprint density at radius 1 is 1.22 bits per heavy atom. The molecule has 140 valence electrons. The van der Waals surface area contributed by atoms with Crippen LogP contribution in [0.5, 0.6) is 0 Å². The van der Waals surface area contributed by atoms with Gasteiger partial charge in [0.25, 0.3) is 5.56 Å². The van der Waals surface area contributed by atoms with Gasteiger partial charge in [0.15, 0.2) is 5.52 Å². The molecule has 1 aromatic carbocycles. The zero-order chi connectivity index (χ0) is 19.1. The summed E-state index contributed by atoms with van der Waals surface area (Å²) in [5.41, 5.74) is 2.46. The molecule has 0 spiro atoms. The molecule has 0 saturated heterocycles. The molecule has 4 rings (SSSR count). The monoisotopic (exact) mass is 365 g/mol. The summed E-state index contributed by atoms with van der Waals surface area (Å²) in [5, 5.41) is 12.8. The summed E-state index contributed by atoms with van der Waals surface area (Å²) in [7, 11) is 0. The topological polar surface area (TPSA) is 81.8 Å². The molecule has 0 aliphatic heterocycles. The molecule has 3 aromatic rings. The molecule has 2 heterocycles. The Hall–Kier alpha value is -2.96. The van der Waals surface area contributed by atoms with Crippen molar-refractivity contribution in [1.82, 2.24) is 24.9 Å². The number of para-hydroxylation sites is 1. The Kier molecular flexibility index (Phi) is 4.30. The molecule has 0 unspecified atom stereocenters. The Labute approximate surface area is 157 Å². The van der Waals surface area contributed by atoms with Crippen molar-refractivity contribution in [2.45, 2.75) is 52.1 Å². The number of nitrogens with one attached hydrogen (secondary N) is 1. The fraction of sp³-hybridized carbons (Fsp3) is 0.400. The van der Waals surface area contributed by atoms with Crippen molar-refractivity contribution in [3.8, 4) is 5.69 Å². The standard InChI is InChI=1S/C20H23N5O2/c1-4-16(19(26)21-14-10-11-14)25-20(27)18-17(12(2)22-25)13(3)24(23-18)15-8-6-5-7-9-15/h5-9,14,16H,4,10-11H2,1-3H3,(H,21,26)/t16-/m0/s1. The molecule has 1 aliphatic carbocycles. The summed E-state index contributed by atoms with van der Waals surface area (Å²) in [5.74, 6) is -0.146. The van der Waals surface area contributed by atoms with Crippen LogP contribution in [0.2, 0.25) is 0 Å². The quantitative estimate of drug-likeness (QED) is 0.753. The Morgan fingerprint density at radius 2 is 1.93 bits per heavy atom. The summed E-state index contributed by atoms with van der Waals surface area (Å²) in [6, 6.07) is 9.30. The summed E-state index contributed by atoms with van der Waals surface area (Å²) < 4.78 is 3.06. The van der Waals surface area contributed by atoms with Gasteiger partial charge in [0.05, 0.1) is 22.5 Å². The second kappa shape index (κ2) is 6.64. The number of aryl methyl sites for hydroxylation is 2. The van der Waals surface area contributed by atoms with Crippen LogP contribution in [0, 0.1) is 13.8 Å². The molecule has 0 radical (unpaired) electrons. The second-order valence-corrected chi connectivity index (χ2v) is 7.10. The van der Waals surface area contributed by atoms with E-state index in [4.69, 9.17) is 0 Å². The van der Waals surface area contributed by atoms with Gasteiger partial charge >= 0.3 is 0 Å². The number of benzene rings is 1. The second-order valence-electron chi connectivity index (χ2n) is 7.10. The minimum Gasteiger partial charge on any atom is -0.352 e. The molecule has 1 N–H and O–H groups in total. The minimum atomic E-state index is -0.622. The van der Waals surface area contributed by atoms with Crippen LogP contribution in [0.15, 0.2) is 35.1 Å². The average molecular weight is 365 g/mol. The molecular weight excluding hydrogens is 342 g/mol. The van der Waals surface area contributed by atoms with Crippen molar-refractivity contribution in [3.63, 3.8) is 0 Å². The van der Waals surface area contributed by atoms with E-state index >= 15 is 0 Å². The number of hydrogen-bond donors (Lipinski definition) is 1. The number of rotatable bonds is 5. The summed E-state index contributed by atoms with van der Waals surface area (Å²) >= 11 is 0. The van der Waals surface area contributed by atoms with Gasteiger partial charge in [-0.15, -0.1) is 0 Å². The van der Waals surface area contributed by atoms with Gasteiger partial charge in [-0.2, -0.15) is 10.2 Å². The highest BCUT2D eigenvalue weighted by Gasteiger charge is 2.30. The third-order valence-corrected chi connectivity index (χ3v) is 5.06. The highest BCUT2D eigenvalue weighted by Crippen LogP contribution is 2.23. The van der Waals surface area contributed by atoms with Crippen LogP contribution in [0.1, 0.15) is 43.6 Å². The number of aromatic nitrogens is 4. The number of hydrogen-bond acceptors (Lipinski definition) is 4. The van der Waals surface area contributed by atoms with E-state index < -0.39 is 6.04 Å². The fourth-order valence-corrected chi connectivity index (χ4v) is 3.48. The molecule has 1 aliphatic rings. The van der Waals surface area contributed by atoms with Crippen molar-refractivity contribution in [2.24, 2.45) is 0 Å². The van der Waals surface area contributed by atoms with Crippen molar-refractivity contribution >= 4 is 16.8 Å². The van der Waals surface area contributed by atoms with E-state index in [1.54, 1.807) is 4.68 Å². The minimum absolute atomic E-state index is 0.146.